The average Bonchev–Trinajstić information content (AvgIpc) is 2.52. The molecule has 0 aromatic heterocycles. The van der Waals surface area contributed by atoms with Gasteiger partial charge in [0.1, 0.15) is 0 Å². The van der Waals surface area contributed by atoms with Crippen molar-refractivity contribution in [2.24, 2.45) is 0 Å². The molecule has 0 radical (unpaired) electrons. The van der Waals surface area contributed by atoms with Crippen molar-refractivity contribution >= 4 is 27.5 Å². The minimum Gasteiger partial charge on any atom is -0.313 e. The Morgan fingerprint density at radius 2 is 2.06 bits per heavy atom. The highest BCUT2D eigenvalue weighted by Crippen LogP contribution is 2.37. The summed E-state index contributed by atoms with van der Waals surface area (Å²) in [6.07, 6.45) is 1.65. The minimum atomic E-state index is -3.37. The fourth-order valence-corrected chi connectivity index (χ4v) is 3.85. The van der Waals surface area contributed by atoms with E-state index in [1.807, 2.05) is 6.92 Å². The zero-order valence-corrected chi connectivity index (χ0v) is 10.6. The van der Waals surface area contributed by atoms with Crippen LogP contribution in [0.4, 0.5) is 0 Å². The van der Waals surface area contributed by atoms with Crippen LogP contribution in [0.15, 0.2) is 28.0 Å². The summed E-state index contributed by atoms with van der Waals surface area (Å²) in [6.45, 7) is 1.81. The largest absolute Gasteiger partial charge is 0.313 e. The van der Waals surface area contributed by atoms with E-state index in [1.165, 1.54) is 0 Å². The van der Waals surface area contributed by atoms with Crippen LogP contribution >= 0.6 is 11.6 Å². The van der Waals surface area contributed by atoms with E-state index in [9.17, 15) is 8.42 Å². The molecule has 1 heterocycles. The van der Waals surface area contributed by atoms with Gasteiger partial charge in [0.25, 0.3) is 0 Å². The quantitative estimate of drug-likeness (QED) is 0.882. The standard InChI is InChI=1S/C11H12ClNO2S/c1-7(13-2)11-6-8-9(12)4-3-5-10(8)16(11,14)15/h3-7,13H,1-2H3. The van der Waals surface area contributed by atoms with E-state index in [0.29, 0.717) is 20.4 Å². The third-order valence-electron chi connectivity index (χ3n) is 2.76. The lowest BCUT2D eigenvalue weighted by Crippen LogP contribution is -2.26. The molecule has 0 bridgehead atoms. The van der Waals surface area contributed by atoms with Crippen molar-refractivity contribution in [3.05, 3.63) is 33.7 Å². The first-order valence-electron chi connectivity index (χ1n) is 4.91. The number of halogens is 1. The van der Waals surface area contributed by atoms with Crippen molar-refractivity contribution < 1.29 is 8.42 Å². The van der Waals surface area contributed by atoms with Gasteiger partial charge in [0.05, 0.1) is 9.80 Å². The van der Waals surface area contributed by atoms with Crippen LogP contribution in [0.25, 0.3) is 6.08 Å². The summed E-state index contributed by atoms with van der Waals surface area (Å²) in [6, 6.07) is 4.72. The summed E-state index contributed by atoms with van der Waals surface area (Å²) >= 11 is 5.98. The molecule has 0 aliphatic carbocycles. The molecular formula is C11H12ClNO2S. The molecule has 1 unspecified atom stereocenters. The molecule has 86 valence electrons. The highest BCUT2D eigenvalue weighted by atomic mass is 35.5. The Kier molecular flexibility index (Phi) is 2.82. The van der Waals surface area contributed by atoms with E-state index in [1.54, 1.807) is 31.3 Å². The van der Waals surface area contributed by atoms with Crippen molar-refractivity contribution in [3.63, 3.8) is 0 Å². The van der Waals surface area contributed by atoms with Crippen LogP contribution in [0, 0.1) is 0 Å². The number of nitrogens with one attached hydrogen (secondary N) is 1. The van der Waals surface area contributed by atoms with Crippen molar-refractivity contribution in [1.29, 1.82) is 0 Å². The average molecular weight is 258 g/mol. The van der Waals surface area contributed by atoms with Crippen molar-refractivity contribution in [3.8, 4) is 0 Å². The topological polar surface area (TPSA) is 46.2 Å². The zero-order chi connectivity index (χ0) is 11.9. The summed E-state index contributed by atoms with van der Waals surface area (Å²) < 4.78 is 24.3. The molecule has 1 atom stereocenters. The molecule has 5 heteroatoms. The van der Waals surface area contributed by atoms with Crippen LogP contribution in [0.3, 0.4) is 0 Å². The molecule has 0 fully saturated rings. The molecule has 1 aromatic carbocycles. The number of likely N-dealkylation sites (N-methyl/N-ethyl adjacent to an activating group) is 1. The van der Waals surface area contributed by atoms with Gasteiger partial charge in [0.2, 0.25) is 9.84 Å². The summed E-state index contributed by atoms with van der Waals surface area (Å²) in [5.74, 6) is 0. The molecule has 1 aliphatic rings. The highest BCUT2D eigenvalue weighted by molar-refractivity contribution is 7.96. The van der Waals surface area contributed by atoms with Gasteiger partial charge in [-0.1, -0.05) is 17.7 Å². The minimum absolute atomic E-state index is 0.214. The van der Waals surface area contributed by atoms with E-state index in [-0.39, 0.29) is 6.04 Å². The molecule has 2 rings (SSSR count). The van der Waals surface area contributed by atoms with Gasteiger partial charge in [-0.05, 0) is 32.2 Å². The Hall–Kier alpha value is -0.840. The molecule has 1 aromatic rings. The molecule has 1 aliphatic heterocycles. The molecule has 0 saturated carbocycles. The Balaban J connectivity index is 2.66. The van der Waals surface area contributed by atoms with Gasteiger partial charge in [0.15, 0.2) is 0 Å². The number of hydrogen-bond donors (Lipinski definition) is 1. The van der Waals surface area contributed by atoms with Crippen LogP contribution in [-0.4, -0.2) is 21.5 Å². The Bertz CT molecular complexity index is 563. The molecule has 0 spiro atoms. The van der Waals surface area contributed by atoms with Gasteiger partial charge in [0, 0.05) is 16.6 Å². The lowest BCUT2D eigenvalue weighted by molar-refractivity contribution is 0.595. The van der Waals surface area contributed by atoms with Gasteiger partial charge < -0.3 is 5.32 Å². The first-order chi connectivity index (χ1) is 7.48. The second-order valence-corrected chi connectivity index (χ2v) is 6.04. The van der Waals surface area contributed by atoms with Gasteiger partial charge in [-0.2, -0.15) is 0 Å². The molecular weight excluding hydrogens is 246 g/mol. The summed E-state index contributed by atoms with van der Waals surface area (Å²) in [4.78, 5) is 0.676. The van der Waals surface area contributed by atoms with Crippen LogP contribution in [0.1, 0.15) is 12.5 Å². The number of rotatable bonds is 2. The smallest absolute Gasteiger partial charge is 0.204 e. The Morgan fingerprint density at radius 1 is 1.38 bits per heavy atom. The van der Waals surface area contributed by atoms with E-state index in [4.69, 9.17) is 11.6 Å². The molecule has 16 heavy (non-hydrogen) atoms. The van der Waals surface area contributed by atoms with Crippen LogP contribution in [0.5, 0.6) is 0 Å². The number of sulfone groups is 1. The SMILES string of the molecule is CNC(C)C1=Cc2c(Cl)cccc2S1(=O)=O. The van der Waals surface area contributed by atoms with E-state index < -0.39 is 9.84 Å². The Morgan fingerprint density at radius 3 is 2.62 bits per heavy atom. The normalized spacial score (nSPS) is 19.1. The molecule has 3 nitrogen and oxygen atoms in total. The number of fused-ring (bicyclic) bond motifs is 1. The summed E-state index contributed by atoms with van der Waals surface area (Å²) in [7, 11) is -1.64. The van der Waals surface area contributed by atoms with Crippen LogP contribution in [-0.2, 0) is 9.84 Å². The third kappa shape index (κ3) is 1.57. The van der Waals surface area contributed by atoms with Crippen molar-refractivity contribution in [1.82, 2.24) is 5.32 Å². The maximum absolute atomic E-state index is 12.2. The Labute approximate surface area is 100 Å². The second-order valence-electron chi connectivity index (χ2n) is 3.71. The van der Waals surface area contributed by atoms with Gasteiger partial charge in [-0.3, -0.25) is 0 Å². The van der Waals surface area contributed by atoms with Crippen LogP contribution in [0.2, 0.25) is 5.02 Å². The maximum atomic E-state index is 12.2. The van der Waals surface area contributed by atoms with E-state index in [2.05, 4.69) is 5.32 Å². The number of hydrogen-bond acceptors (Lipinski definition) is 3. The predicted octanol–water partition coefficient (Wildman–Crippen LogP) is 2.08. The van der Waals surface area contributed by atoms with E-state index >= 15 is 0 Å². The monoisotopic (exact) mass is 257 g/mol. The lowest BCUT2D eigenvalue weighted by atomic mass is 10.2. The van der Waals surface area contributed by atoms with Gasteiger partial charge in [-0.15, -0.1) is 0 Å². The first kappa shape index (κ1) is 11.6. The van der Waals surface area contributed by atoms with Crippen LogP contribution < -0.4 is 5.32 Å². The summed E-state index contributed by atoms with van der Waals surface area (Å²) in [5, 5.41) is 3.40. The molecule has 1 N–H and O–H groups in total. The van der Waals surface area contributed by atoms with E-state index in [0.717, 1.165) is 0 Å². The van der Waals surface area contributed by atoms with Gasteiger partial charge in [-0.25, -0.2) is 8.42 Å². The zero-order valence-electron chi connectivity index (χ0n) is 8.99. The molecule has 0 amide bonds. The summed E-state index contributed by atoms with van der Waals surface area (Å²) in [5.41, 5.74) is 0.598. The fourth-order valence-electron chi connectivity index (χ4n) is 1.74. The predicted molar refractivity (Wildman–Crippen MR) is 65.1 cm³/mol. The lowest BCUT2D eigenvalue weighted by Gasteiger charge is -2.11. The van der Waals surface area contributed by atoms with Crippen molar-refractivity contribution in [2.75, 3.05) is 7.05 Å². The first-order valence-corrected chi connectivity index (χ1v) is 6.77. The third-order valence-corrected chi connectivity index (χ3v) is 5.12. The second kappa shape index (κ2) is 3.87. The highest BCUT2D eigenvalue weighted by Gasteiger charge is 2.33. The van der Waals surface area contributed by atoms with Crippen molar-refractivity contribution in [2.45, 2.75) is 17.9 Å². The fraction of sp³-hybridized carbons (Fsp3) is 0.273. The van der Waals surface area contributed by atoms with Gasteiger partial charge >= 0.3 is 0 Å². The number of benzene rings is 1. The molecule has 0 saturated heterocycles. The maximum Gasteiger partial charge on any atom is 0.204 e.